The average Bonchev–Trinajstić information content (AvgIpc) is 3.03. The first-order valence-electron chi connectivity index (χ1n) is 7.63. The number of fused-ring (bicyclic) bond motifs is 1. The van der Waals surface area contributed by atoms with Crippen molar-refractivity contribution in [2.75, 3.05) is 0 Å². The lowest BCUT2D eigenvalue weighted by molar-refractivity contribution is -0.188. The molecule has 1 aliphatic heterocycles. The van der Waals surface area contributed by atoms with E-state index >= 15 is 0 Å². The van der Waals surface area contributed by atoms with Crippen molar-refractivity contribution < 1.29 is 24.2 Å². The third kappa shape index (κ3) is 1.31. The number of allylic oxidation sites excluding steroid dienone is 2. The summed E-state index contributed by atoms with van der Waals surface area (Å²) in [5.74, 6) is -1.69. The summed E-state index contributed by atoms with van der Waals surface area (Å²) < 4.78 is 12.1. The fourth-order valence-corrected chi connectivity index (χ4v) is 3.89. The van der Waals surface area contributed by atoms with Gasteiger partial charge in [0.15, 0.2) is 11.6 Å². The van der Waals surface area contributed by atoms with Crippen molar-refractivity contribution in [2.24, 2.45) is 5.41 Å². The highest BCUT2D eigenvalue weighted by Gasteiger charge is 2.72. The van der Waals surface area contributed by atoms with Gasteiger partial charge in [0.25, 0.3) is 5.79 Å². The van der Waals surface area contributed by atoms with Crippen LogP contribution in [0.3, 0.4) is 0 Å². The summed E-state index contributed by atoms with van der Waals surface area (Å²) in [6, 6.07) is 11.0. The van der Waals surface area contributed by atoms with Crippen LogP contribution in [0.5, 0.6) is 11.5 Å². The summed E-state index contributed by atoms with van der Waals surface area (Å²) in [4.78, 5) is 25.2. The molecule has 2 aromatic carbocycles. The lowest BCUT2D eigenvalue weighted by atomic mass is 9.74. The van der Waals surface area contributed by atoms with Crippen molar-refractivity contribution in [3.8, 4) is 11.5 Å². The van der Waals surface area contributed by atoms with Crippen LogP contribution in [0.4, 0.5) is 0 Å². The van der Waals surface area contributed by atoms with E-state index < -0.39 is 28.9 Å². The molecule has 5 rings (SSSR count). The number of aliphatic hydroxyl groups excluding tert-OH is 1. The highest BCUT2D eigenvalue weighted by molar-refractivity contribution is 6.24. The first kappa shape index (κ1) is 13.5. The number of carbonyl (C=O) groups is 2. The van der Waals surface area contributed by atoms with Gasteiger partial charge in [-0.1, -0.05) is 30.3 Å². The number of rotatable bonds is 0. The van der Waals surface area contributed by atoms with Crippen LogP contribution in [0.15, 0.2) is 60.7 Å². The lowest BCUT2D eigenvalue weighted by Gasteiger charge is -2.44. The third-order valence-electron chi connectivity index (χ3n) is 5.01. The summed E-state index contributed by atoms with van der Waals surface area (Å²) in [6.45, 7) is 0. The molecule has 3 aliphatic rings. The maximum Gasteiger partial charge on any atom is 0.294 e. The highest BCUT2D eigenvalue weighted by atomic mass is 16.7. The molecule has 0 fully saturated rings. The Hall–Kier alpha value is -2.92. The second kappa shape index (κ2) is 4.13. The van der Waals surface area contributed by atoms with Gasteiger partial charge in [0.2, 0.25) is 5.41 Å². The number of hydrogen-bond donors (Lipinski definition) is 1. The smallest absolute Gasteiger partial charge is 0.294 e. The van der Waals surface area contributed by atoms with Crippen LogP contribution in [0.2, 0.25) is 0 Å². The quantitative estimate of drug-likeness (QED) is 0.593. The summed E-state index contributed by atoms with van der Waals surface area (Å²) in [7, 11) is 0. The number of aliphatic hydroxyl groups is 1. The molecular formula is C19H12O5. The van der Waals surface area contributed by atoms with Gasteiger partial charge in [-0.25, -0.2) is 0 Å². The molecule has 2 spiro atoms. The van der Waals surface area contributed by atoms with Gasteiger partial charge in [0, 0.05) is 0 Å². The largest absolute Gasteiger partial charge is 0.446 e. The molecule has 1 N–H and O–H groups in total. The summed E-state index contributed by atoms with van der Waals surface area (Å²) in [5, 5.41) is 12.2. The molecule has 1 atom stereocenters. The van der Waals surface area contributed by atoms with Crippen LogP contribution in [0, 0.1) is 5.41 Å². The fraction of sp³-hybridized carbons (Fsp3) is 0.158. The molecule has 118 valence electrons. The minimum Gasteiger partial charge on any atom is -0.446 e. The Kier molecular flexibility index (Phi) is 2.32. The van der Waals surface area contributed by atoms with Crippen LogP contribution in [-0.4, -0.2) is 28.6 Å². The van der Waals surface area contributed by atoms with E-state index in [4.69, 9.17) is 9.47 Å². The van der Waals surface area contributed by atoms with Crippen molar-refractivity contribution in [2.45, 2.75) is 11.9 Å². The molecule has 2 aliphatic carbocycles. The van der Waals surface area contributed by atoms with Gasteiger partial charge in [-0.2, -0.15) is 0 Å². The Morgan fingerprint density at radius 1 is 0.917 bits per heavy atom. The molecule has 24 heavy (non-hydrogen) atoms. The second-order valence-electron chi connectivity index (χ2n) is 6.16. The van der Waals surface area contributed by atoms with Crippen molar-refractivity contribution in [3.63, 3.8) is 0 Å². The summed E-state index contributed by atoms with van der Waals surface area (Å²) in [6.07, 6.45) is 3.89. The predicted molar refractivity (Wildman–Crippen MR) is 84.7 cm³/mol. The van der Waals surface area contributed by atoms with Gasteiger partial charge >= 0.3 is 0 Å². The Balaban J connectivity index is 1.77. The van der Waals surface area contributed by atoms with E-state index in [9.17, 15) is 14.7 Å². The van der Waals surface area contributed by atoms with Crippen molar-refractivity contribution in [1.82, 2.24) is 0 Å². The second-order valence-corrected chi connectivity index (χ2v) is 6.16. The Bertz CT molecular complexity index is 926. The van der Waals surface area contributed by atoms with Crippen molar-refractivity contribution >= 4 is 22.3 Å². The van der Waals surface area contributed by atoms with E-state index in [2.05, 4.69) is 0 Å². The molecular weight excluding hydrogens is 308 g/mol. The zero-order valence-electron chi connectivity index (χ0n) is 12.4. The van der Waals surface area contributed by atoms with Crippen molar-refractivity contribution in [3.05, 3.63) is 60.7 Å². The number of ether oxygens (including phenoxy) is 2. The molecule has 1 heterocycles. The molecule has 0 saturated heterocycles. The average molecular weight is 320 g/mol. The van der Waals surface area contributed by atoms with E-state index in [0.717, 1.165) is 10.8 Å². The maximum absolute atomic E-state index is 12.6. The lowest BCUT2D eigenvalue weighted by Crippen LogP contribution is -2.63. The van der Waals surface area contributed by atoms with Gasteiger partial charge in [-0.15, -0.1) is 0 Å². The van der Waals surface area contributed by atoms with Crippen LogP contribution >= 0.6 is 0 Å². The molecule has 0 saturated carbocycles. The van der Waals surface area contributed by atoms with Gasteiger partial charge in [0.05, 0.1) is 5.39 Å². The monoisotopic (exact) mass is 320 g/mol. The van der Waals surface area contributed by atoms with Gasteiger partial charge in [-0.3, -0.25) is 9.59 Å². The van der Waals surface area contributed by atoms with Crippen LogP contribution in [-0.2, 0) is 9.59 Å². The zero-order chi connectivity index (χ0) is 16.5. The topological polar surface area (TPSA) is 72.8 Å². The van der Waals surface area contributed by atoms with Crippen LogP contribution < -0.4 is 9.47 Å². The van der Waals surface area contributed by atoms with Crippen LogP contribution in [0.1, 0.15) is 0 Å². The van der Waals surface area contributed by atoms with Gasteiger partial charge in [0.1, 0.15) is 17.6 Å². The number of hydrogen-bond acceptors (Lipinski definition) is 5. The van der Waals surface area contributed by atoms with E-state index in [1.807, 2.05) is 24.3 Å². The van der Waals surface area contributed by atoms with Crippen molar-refractivity contribution in [1.29, 1.82) is 0 Å². The number of benzene rings is 2. The molecule has 0 bridgehead atoms. The predicted octanol–water partition coefficient (Wildman–Crippen LogP) is 1.93. The SMILES string of the molecule is O=C1C=CC(=O)C12[C@H](O)C=CC21Oc2cccc3cccc(c23)O1. The first-order valence-corrected chi connectivity index (χ1v) is 7.63. The highest BCUT2D eigenvalue weighted by Crippen LogP contribution is 2.54. The van der Waals surface area contributed by atoms with Gasteiger partial charge < -0.3 is 14.6 Å². The van der Waals surface area contributed by atoms with Gasteiger partial charge in [-0.05, 0) is 35.7 Å². The van der Waals surface area contributed by atoms with Crippen LogP contribution in [0.25, 0.3) is 10.8 Å². The van der Waals surface area contributed by atoms with E-state index in [1.54, 1.807) is 12.1 Å². The first-order chi connectivity index (χ1) is 11.6. The standard InChI is InChI=1S/C19H12O5/c20-14-7-8-15(21)19(14)16(22)9-10-18(19)23-12-5-1-3-11-4-2-6-13(24-18)17(11)12/h1-10,16,22H/t16-/m1/s1. The molecule has 0 amide bonds. The van der Waals surface area contributed by atoms with E-state index in [-0.39, 0.29) is 0 Å². The molecule has 0 aromatic heterocycles. The third-order valence-corrected chi connectivity index (χ3v) is 5.01. The molecule has 0 unspecified atom stereocenters. The molecule has 2 aromatic rings. The Labute approximate surface area is 136 Å². The summed E-state index contributed by atoms with van der Waals surface area (Å²) in [5.41, 5.74) is -1.83. The summed E-state index contributed by atoms with van der Waals surface area (Å²) >= 11 is 0. The minimum atomic E-state index is -1.83. The fourth-order valence-electron chi connectivity index (χ4n) is 3.89. The number of carbonyl (C=O) groups excluding carboxylic acids is 2. The Morgan fingerprint density at radius 2 is 1.50 bits per heavy atom. The zero-order valence-corrected chi connectivity index (χ0v) is 12.4. The Morgan fingerprint density at radius 3 is 2.08 bits per heavy atom. The van der Waals surface area contributed by atoms with E-state index in [1.165, 1.54) is 24.3 Å². The molecule has 0 radical (unpaired) electrons. The maximum atomic E-state index is 12.6. The molecule has 5 heteroatoms. The minimum absolute atomic E-state index is 0.514. The normalized spacial score (nSPS) is 24.8. The number of ketones is 2. The molecule has 5 nitrogen and oxygen atoms in total. The van der Waals surface area contributed by atoms with E-state index in [0.29, 0.717) is 11.5 Å².